The summed E-state index contributed by atoms with van der Waals surface area (Å²) < 4.78 is 12.1. The molecule has 4 nitrogen and oxygen atoms in total. The van der Waals surface area contributed by atoms with E-state index in [0.717, 1.165) is 33.5 Å². The van der Waals surface area contributed by atoms with Crippen LogP contribution in [0.3, 0.4) is 0 Å². The van der Waals surface area contributed by atoms with E-state index in [-0.39, 0.29) is 5.41 Å². The average molecular weight is 667 g/mol. The minimum absolute atomic E-state index is 0.214. The van der Waals surface area contributed by atoms with Gasteiger partial charge in [0.05, 0.1) is 7.05 Å². The number of nitrogens with zero attached hydrogens (tertiary/aromatic N) is 3. The number of hydrogen-bond donors (Lipinski definition) is 0. The van der Waals surface area contributed by atoms with Crippen molar-refractivity contribution < 1.29 is 8.98 Å². The molecule has 0 bridgehead atoms. The molecule has 0 spiro atoms. The molecule has 0 atom stereocenters. The van der Waals surface area contributed by atoms with Gasteiger partial charge in [-0.25, -0.2) is 4.57 Å². The Kier molecular flexibility index (Phi) is 6.96. The van der Waals surface area contributed by atoms with E-state index in [1.165, 1.54) is 66.8 Å². The molecule has 0 unspecified atom stereocenters. The van der Waals surface area contributed by atoms with E-state index < -0.39 is 0 Å². The summed E-state index contributed by atoms with van der Waals surface area (Å²) in [4.78, 5) is 5.12. The first-order valence-corrected chi connectivity index (χ1v) is 18.3. The molecule has 0 amide bonds. The number of imidazole rings is 1. The predicted molar refractivity (Wildman–Crippen MR) is 211 cm³/mol. The van der Waals surface area contributed by atoms with Crippen molar-refractivity contribution in [2.45, 2.75) is 65.7 Å². The molecule has 0 fully saturated rings. The van der Waals surface area contributed by atoms with Gasteiger partial charge in [0, 0.05) is 39.3 Å². The van der Waals surface area contributed by atoms with E-state index in [2.05, 4.69) is 174 Å². The van der Waals surface area contributed by atoms with Gasteiger partial charge in [-0.05, 0) is 76.9 Å². The van der Waals surface area contributed by atoms with E-state index >= 15 is 0 Å². The quantitative estimate of drug-likeness (QED) is 0.171. The lowest BCUT2D eigenvalue weighted by Gasteiger charge is -2.21. The lowest BCUT2D eigenvalue weighted by molar-refractivity contribution is -0.633. The normalized spacial score (nSPS) is 13.6. The molecule has 1 aliphatic rings. The van der Waals surface area contributed by atoms with Gasteiger partial charge in [0.2, 0.25) is 0 Å². The fraction of sp³-hybridized carbons (Fsp3) is 0.234. The Hall–Kier alpha value is -5.48. The van der Waals surface area contributed by atoms with E-state index in [1.54, 1.807) is 0 Å². The van der Waals surface area contributed by atoms with Crippen molar-refractivity contribution in [3.63, 3.8) is 0 Å². The third kappa shape index (κ3) is 4.45. The van der Waals surface area contributed by atoms with Crippen molar-refractivity contribution in [1.82, 2.24) is 9.55 Å². The molecule has 0 N–H and O–H groups in total. The average Bonchev–Trinajstić information content (AvgIpc) is 3.73. The van der Waals surface area contributed by atoms with Gasteiger partial charge in [-0.1, -0.05) is 114 Å². The van der Waals surface area contributed by atoms with E-state index in [0.29, 0.717) is 11.8 Å². The number of fused-ring (bicyclic) bond motifs is 8. The molecule has 3 aromatic heterocycles. The molecular weight excluding hydrogens is 623 g/mol. The maximum atomic E-state index is 7.21. The van der Waals surface area contributed by atoms with Crippen LogP contribution in [0, 0.1) is 6.92 Å². The molecule has 4 heteroatoms. The van der Waals surface area contributed by atoms with Gasteiger partial charge < -0.3 is 4.42 Å². The number of pyridine rings is 1. The van der Waals surface area contributed by atoms with Crippen LogP contribution in [-0.4, -0.2) is 9.55 Å². The summed E-state index contributed by atoms with van der Waals surface area (Å²) in [6, 6.07) is 37.6. The lowest BCUT2D eigenvalue weighted by Crippen LogP contribution is -2.30. The maximum absolute atomic E-state index is 7.21. The number of aryl methyl sites for hydroxylation is 2. The number of aromatic nitrogens is 3. The summed E-state index contributed by atoms with van der Waals surface area (Å²) in [7, 11) is 2.20. The zero-order valence-corrected chi connectivity index (χ0v) is 30.8. The fourth-order valence-electron chi connectivity index (χ4n) is 8.80. The van der Waals surface area contributed by atoms with Crippen LogP contribution in [0.5, 0.6) is 0 Å². The molecule has 8 aromatic rings. The number of rotatable bonds is 5. The Morgan fingerprint density at radius 2 is 1.39 bits per heavy atom. The Bertz CT molecular complexity index is 2660. The highest BCUT2D eigenvalue weighted by Crippen LogP contribution is 2.52. The summed E-state index contributed by atoms with van der Waals surface area (Å²) in [6.07, 6.45) is 2.06. The standard InChI is InChI=1S/C47H44N3O/c1-27(2)34-24-31(30-16-10-9-11-17-30)25-35(28(3)4)43(34)50-39-21-15-14-20-38(39)49(8)46(50)40-29(5)22-23-33-42-45(51-44(33)40)41-36(26-48-42)32-18-12-13-19-37(32)47(41,6)7/h9-28H,1-8H3/q+1. The van der Waals surface area contributed by atoms with Crippen LogP contribution in [0.4, 0.5) is 0 Å². The third-order valence-corrected chi connectivity index (χ3v) is 11.4. The van der Waals surface area contributed by atoms with Crippen molar-refractivity contribution >= 4 is 33.1 Å². The smallest absolute Gasteiger partial charge is 0.299 e. The molecule has 9 rings (SSSR count). The molecular formula is C47H44N3O+. The Morgan fingerprint density at radius 3 is 2.12 bits per heavy atom. The van der Waals surface area contributed by atoms with Crippen molar-refractivity contribution in [2.24, 2.45) is 7.05 Å². The molecule has 3 heterocycles. The minimum Gasteiger partial charge on any atom is -0.453 e. The maximum Gasteiger partial charge on any atom is 0.299 e. The van der Waals surface area contributed by atoms with Gasteiger partial charge in [0.25, 0.3) is 5.82 Å². The number of hydrogen-bond acceptors (Lipinski definition) is 2. The molecule has 0 aliphatic heterocycles. The molecule has 252 valence electrons. The van der Waals surface area contributed by atoms with Crippen LogP contribution in [0.25, 0.3) is 72.4 Å². The Labute approximate surface area is 300 Å². The van der Waals surface area contributed by atoms with Gasteiger partial charge in [0.1, 0.15) is 16.8 Å². The molecule has 0 saturated heterocycles. The van der Waals surface area contributed by atoms with Crippen LogP contribution in [-0.2, 0) is 12.5 Å². The Balaban J connectivity index is 1.40. The van der Waals surface area contributed by atoms with Gasteiger partial charge >= 0.3 is 0 Å². The highest BCUT2D eigenvalue weighted by atomic mass is 16.3. The minimum atomic E-state index is -0.214. The highest BCUT2D eigenvalue weighted by molar-refractivity contribution is 6.10. The number of furan rings is 1. The first kappa shape index (κ1) is 31.5. The van der Waals surface area contributed by atoms with Crippen molar-refractivity contribution in [1.29, 1.82) is 0 Å². The molecule has 0 saturated carbocycles. The zero-order valence-electron chi connectivity index (χ0n) is 30.8. The topological polar surface area (TPSA) is 34.8 Å². The van der Waals surface area contributed by atoms with Crippen molar-refractivity contribution in [3.05, 3.63) is 137 Å². The number of benzene rings is 5. The van der Waals surface area contributed by atoms with Crippen LogP contribution in [0.1, 0.15) is 81.2 Å². The summed E-state index contributed by atoms with van der Waals surface area (Å²) in [5.41, 5.74) is 18.5. The SMILES string of the molecule is Cc1ccc2c(oc3c4c(cnc32)-c2ccccc2C4(C)C)c1-c1n(-c2c(C(C)C)cc(-c3ccccc3)cc2C(C)C)c2ccccc2[n+]1C. The molecule has 5 aromatic carbocycles. The monoisotopic (exact) mass is 666 g/mol. The second-order valence-corrected chi connectivity index (χ2v) is 15.5. The summed E-state index contributed by atoms with van der Waals surface area (Å²) in [5.74, 6) is 1.69. The highest BCUT2D eigenvalue weighted by Gasteiger charge is 2.40. The molecule has 51 heavy (non-hydrogen) atoms. The first-order chi connectivity index (χ1) is 24.6. The van der Waals surface area contributed by atoms with E-state index in [4.69, 9.17) is 9.40 Å². The van der Waals surface area contributed by atoms with Crippen LogP contribution < -0.4 is 4.57 Å². The predicted octanol–water partition coefficient (Wildman–Crippen LogP) is 11.9. The number of para-hydroxylation sites is 2. The van der Waals surface area contributed by atoms with Crippen LogP contribution in [0.15, 0.2) is 114 Å². The summed E-state index contributed by atoms with van der Waals surface area (Å²) in [5, 5.41) is 1.05. The van der Waals surface area contributed by atoms with Crippen molar-refractivity contribution in [2.75, 3.05) is 0 Å². The van der Waals surface area contributed by atoms with Gasteiger partial charge in [-0.15, -0.1) is 0 Å². The first-order valence-electron chi connectivity index (χ1n) is 18.3. The van der Waals surface area contributed by atoms with Crippen molar-refractivity contribution in [3.8, 4) is 39.3 Å². The Morgan fingerprint density at radius 1 is 0.725 bits per heavy atom. The van der Waals surface area contributed by atoms with Crippen LogP contribution >= 0.6 is 0 Å². The molecule has 1 aliphatic carbocycles. The summed E-state index contributed by atoms with van der Waals surface area (Å²) in [6.45, 7) is 16.1. The zero-order chi connectivity index (χ0) is 35.3. The van der Waals surface area contributed by atoms with Crippen LogP contribution in [0.2, 0.25) is 0 Å². The lowest BCUT2D eigenvalue weighted by atomic mass is 9.82. The molecule has 0 radical (unpaired) electrons. The largest absolute Gasteiger partial charge is 0.453 e. The second kappa shape index (κ2) is 11.3. The van der Waals surface area contributed by atoms with Gasteiger partial charge in [-0.2, -0.15) is 4.57 Å². The van der Waals surface area contributed by atoms with E-state index in [1.807, 2.05) is 0 Å². The van der Waals surface area contributed by atoms with E-state index in [9.17, 15) is 0 Å². The van der Waals surface area contributed by atoms with Gasteiger partial charge in [-0.3, -0.25) is 4.98 Å². The third-order valence-electron chi connectivity index (χ3n) is 11.4. The fourth-order valence-corrected chi connectivity index (χ4v) is 8.80. The van der Waals surface area contributed by atoms with Gasteiger partial charge in [0.15, 0.2) is 22.2 Å². The summed E-state index contributed by atoms with van der Waals surface area (Å²) >= 11 is 0. The second-order valence-electron chi connectivity index (χ2n) is 15.5.